The lowest BCUT2D eigenvalue weighted by atomic mass is 9.35. The van der Waals surface area contributed by atoms with Crippen molar-refractivity contribution in [3.8, 4) is 46.3 Å². The van der Waals surface area contributed by atoms with Crippen LogP contribution in [0.1, 0.15) is 0 Å². The second kappa shape index (κ2) is 13.7. The zero-order valence-corrected chi connectivity index (χ0v) is 33.1. The second-order valence-electron chi connectivity index (χ2n) is 15.7. The largest absolute Gasteiger partial charge is 0.458 e. The van der Waals surface area contributed by atoms with E-state index in [1.807, 2.05) is 109 Å². The number of benzene rings is 8. The van der Waals surface area contributed by atoms with E-state index in [1.54, 1.807) is 0 Å². The fraction of sp³-hybridized carbons (Fsp3) is 0. The number of rotatable bonds is 6. The molecule has 290 valence electrons. The number of para-hydroxylation sites is 6. The number of aromatic nitrogens is 2. The average molecular weight is 798 g/mol. The minimum Gasteiger partial charge on any atom is -0.458 e. The van der Waals surface area contributed by atoms with Crippen LogP contribution in [0.2, 0.25) is 0 Å². The fourth-order valence-corrected chi connectivity index (χ4v) is 9.45. The number of anilines is 6. The molecule has 0 atom stereocenters. The summed E-state index contributed by atoms with van der Waals surface area (Å²) in [5.41, 5.74) is 11.0. The SMILES string of the molecule is c1ccc(N(c2ccccc2)c2cc3c4c(c2)Oc2nc5c(nc2B4c2ccccc2O3)B2c3ccccc3Oc3cc(N(c4ccccc4)c4ccccc4)cc(c32)O5)cc1. The van der Waals surface area contributed by atoms with Gasteiger partial charge in [0.05, 0.1) is 22.6 Å². The third-order valence-electron chi connectivity index (χ3n) is 12.1. The highest BCUT2D eigenvalue weighted by Gasteiger charge is 2.47. The van der Waals surface area contributed by atoms with Crippen molar-refractivity contribution in [2.45, 2.75) is 0 Å². The zero-order chi connectivity index (χ0) is 40.7. The van der Waals surface area contributed by atoms with Crippen LogP contribution in [0, 0.1) is 0 Å². The van der Waals surface area contributed by atoms with E-state index in [0.29, 0.717) is 45.9 Å². The van der Waals surface area contributed by atoms with Gasteiger partial charge in [0.2, 0.25) is 11.8 Å². The van der Waals surface area contributed by atoms with Crippen molar-refractivity contribution in [2.75, 3.05) is 9.80 Å². The molecule has 0 fully saturated rings. The molecule has 0 N–H and O–H groups in total. The Labute approximate surface area is 358 Å². The van der Waals surface area contributed by atoms with Gasteiger partial charge in [0, 0.05) is 57.9 Å². The summed E-state index contributed by atoms with van der Waals surface area (Å²) in [6, 6.07) is 66.0. The molecule has 10 heteroatoms. The monoisotopic (exact) mass is 798 g/mol. The summed E-state index contributed by atoms with van der Waals surface area (Å²) in [5, 5.41) is 0. The molecule has 0 amide bonds. The Balaban J connectivity index is 0.997. The Hall–Kier alpha value is -8.23. The normalized spacial score (nSPS) is 13.0. The molecule has 0 radical (unpaired) electrons. The van der Waals surface area contributed by atoms with Gasteiger partial charge in [0.25, 0.3) is 13.4 Å². The summed E-state index contributed by atoms with van der Waals surface area (Å²) < 4.78 is 27.4. The summed E-state index contributed by atoms with van der Waals surface area (Å²) in [7, 11) is 0. The van der Waals surface area contributed by atoms with Crippen LogP contribution in [0.5, 0.6) is 46.3 Å². The van der Waals surface area contributed by atoms with E-state index < -0.39 is 0 Å². The molecule has 0 saturated heterocycles. The van der Waals surface area contributed by atoms with Gasteiger partial charge in [-0.1, -0.05) is 109 Å². The van der Waals surface area contributed by atoms with Gasteiger partial charge in [-0.15, -0.1) is 0 Å². The molecule has 9 aromatic rings. The van der Waals surface area contributed by atoms with Gasteiger partial charge in [-0.2, -0.15) is 4.98 Å². The summed E-state index contributed by atoms with van der Waals surface area (Å²) in [6.07, 6.45) is 0. The standard InChI is InChI=1S/C52H32B2N4O4/c1-5-17-33(18-6-1)57(34-19-7-2-8-20-34)37-29-43-47-45(31-37)61-51-49(53(47)39-25-13-15-27-41(39)59-43)55-50-52(56-51)62-46-32-38(30-44-48(46)54(50)40-26-14-16-28-42(40)60-44)58(35-21-9-3-10-22-35)36-23-11-4-12-24-36/h1-32H. The van der Waals surface area contributed by atoms with Crippen LogP contribution in [0.3, 0.4) is 0 Å². The molecule has 0 aliphatic carbocycles. The van der Waals surface area contributed by atoms with Crippen LogP contribution in [-0.4, -0.2) is 23.4 Å². The molecule has 4 aliphatic heterocycles. The molecule has 0 bridgehead atoms. The highest BCUT2D eigenvalue weighted by Crippen LogP contribution is 2.45. The number of ether oxygens (including phenoxy) is 4. The predicted molar refractivity (Wildman–Crippen MR) is 247 cm³/mol. The third-order valence-corrected chi connectivity index (χ3v) is 12.1. The lowest BCUT2D eigenvalue weighted by Gasteiger charge is -2.36. The number of hydrogen-bond donors (Lipinski definition) is 0. The molecular weight excluding hydrogens is 766 g/mol. The molecule has 8 nitrogen and oxygen atoms in total. The Morgan fingerprint density at radius 2 is 0.629 bits per heavy atom. The summed E-state index contributed by atoms with van der Waals surface area (Å²) in [5.74, 6) is 5.02. The lowest BCUT2D eigenvalue weighted by molar-refractivity contribution is 0.422. The van der Waals surface area contributed by atoms with E-state index in [-0.39, 0.29) is 13.4 Å². The van der Waals surface area contributed by atoms with E-state index in [2.05, 4.69) is 94.7 Å². The second-order valence-corrected chi connectivity index (χ2v) is 15.7. The molecule has 0 saturated carbocycles. The first-order valence-electron chi connectivity index (χ1n) is 20.7. The number of hydrogen-bond acceptors (Lipinski definition) is 8. The molecule has 5 heterocycles. The first-order chi connectivity index (χ1) is 30.7. The number of nitrogens with zero attached hydrogens (tertiary/aromatic N) is 4. The molecular formula is C52H32B2N4O4. The quantitative estimate of drug-likeness (QED) is 0.155. The first-order valence-corrected chi connectivity index (χ1v) is 20.7. The highest BCUT2D eigenvalue weighted by molar-refractivity contribution is 6.99. The van der Waals surface area contributed by atoms with Crippen LogP contribution >= 0.6 is 0 Å². The van der Waals surface area contributed by atoms with Crippen LogP contribution < -0.4 is 61.8 Å². The Morgan fingerprint density at radius 1 is 0.306 bits per heavy atom. The van der Waals surface area contributed by atoms with Crippen molar-refractivity contribution in [3.05, 3.63) is 194 Å². The summed E-state index contributed by atoms with van der Waals surface area (Å²) >= 11 is 0. The molecule has 8 aromatic carbocycles. The van der Waals surface area contributed by atoms with Gasteiger partial charge in [-0.3, -0.25) is 4.98 Å². The van der Waals surface area contributed by atoms with Crippen molar-refractivity contribution in [3.63, 3.8) is 0 Å². The maximum absolute atomic E-state index is 6.92. The van der Waals surface area contributed by atoms with Crippen molar-refractivity contribution >= 4 is 80.6 Å². The van der Waals surface area contributed by atoms with E-state index in [4.69, 9.17) is 28.9 Å². The minimum atomic E-state index is -0.314. The van der Waals surface area contributed by atoms with Crippen LogP contribution in [0.25, 0.3) is 0 Å². The zero-order valence-electron chi connectivity index (χ0n) is 33.1. The topological polar surface area (TPSA) is 69.2 Å². The maximum Gasteiger partial charge on any atom is 0.286 e. The van der Waals surface area contributed by atoms with Gasteiger partial charge in [0.1, 0.15) is 34.5 Å². The average Bonchev–Trinajstić information content (AvgIpc) is 3.32. The minimum absolute atomic E-state index is 0.314. The van der Waals surface area contributed by atoms with E-state index >= 15 is 0 Å². The summed E-state index contributed by atoms with van der Waals surface area (Å²) in [6.45, 7) is -0.628. The van der Waals surface area contributed by atoms with E-state index in [0.717, 1.165) is 67.5 Å². The molecule has 1 aromatic heterocycles. The highest BCUT2D eigenvalue weighted by atomic mass is 16.5. The first kappa shape index (κ1) is 34.6. The smallest absolute Gasteiger partial charge is 0.286 e. The van der Waals surface area contributed by atoms with E-state index in [9.17, 15) is 0 Å². The van der Waals surface area contributed by atoms with E-state index in [1.165, 1.54) is 0 Å². The third kappa shape index (κ3) is 5.36. The van der Waals surface area contributed by atoms with Crippen molar-refractivity contribution in [1.29, 1.82) is 0 Å². The van der Waals surface area contributed by atoms with Gasteiger partial charge in [0.15, 0.2) is 0 Å². The summed E-state index contributed by atoms with van der Waals surface area (Å²) in [4.78, 5) is 15.2. The van der Waals surface area contributed by atoms with Crippen LogP contribution in [0.15, 0.2) is 194 Å². The Bertz CT molecular complexity index is 2940. The van der Waals surface area contributed by atoms with Crippen LogP contribution in [0.4, 0.5) is 34.1 Å². The van der Waals surface area contributed by atoms with Crippen molar-refractivity contribution in [2.24, 2.45) is 0 Å². The lowest BCUT2D eigenvalue weighted by Crippen LogP contribution is -2.64. The molecule has 0 unspecified atom stereocenters. The maximum atomic E-state index is 6.92. The van der Waals surface area contributed by atoms with Crippen molar-refractivity contribution < 1.29 is 18.9 Å². The van der Waals surface area contributed by atoms with Gasteiger partial charge in [-0.05, 0) is 71.6 Å². The number of fused-ring (bicyclic) bond motifs is 8. The van der Waals surface area contributed by atoms with Crippen LogP contribution in [-0.2, 0) is 0 Å². The Morgan fingerprint density at radius 3 is 1.00 bits per heavy atom. The molecule has 62 heavy (non-hydrogen) atoms. The molecule has 4 aliphatic rings. The van der Waals surface area contributed by atoms with Gasteiger partial charge >= 0.3 is 0 Å². The molecule has 0 spiro atoms. The predicted octanol–water partition coefficient (Wildman–Crippen LogP) is 8.87. The fourth-order valence-electron chi connectivity index (χ4n) is 9.45. The Kier molecular flexibility index (Phi) is 7.62. The van der Waals surface area contributed by atoms with Crippen molar-refractivity contribution in [1.82, 2.24) is 9.97 Å². The van der Waals surface area contributed by atoms with Gasteiger partial charge < -0.3 is 28.7 Å². The van der Waals surface area contributed by atoms with Gasteiger partial charge in [-0.25, -0.2) is 0 Å². The molecule has 13 rings (SSSR count).